The summed E-state index contributed by atoms with van der Waals surface area (Å²) in [6.45, 7) is 1.04. The summed E-state index contributed by atoms with van der Waals surface area (Å²) < 4.78 is 0.951. The van der Waals surface area contributed by atoms with Crippen LogP contribution >= 0.6 is 0 Å². The molecule has 0 aliphatic heterocycles. The highest BCUT2D eigenvalue weighted by atomic mass is 127. The van der Waals surface area contributed by atoms with Gasteiger partial charge in [-0.05, 0) is 17.5 Å². The standard InChI is InChI=1S/C12H17N2.HI/c1-14(2,3)9-11-8-10-6-4-5-7-12(10)13-11;/h4-8,13H,9H2,1-3H3;1H/q+1;/p-1. The van der Waals surface area contributed by atoms with Crippen molar-refractivity contribution < 1.29 is 28.5 Å². The molecular formula is C12H17IN2. The topological polar surface area (TPSA) is 15.8 Å². The molecular weight excluding hydrogens is 299 g/mol. The molecule has 3 heteroatoms. The maximum absolute atomic E-state index is 3.44. The average Bonchev–Trinajstić information content (AvgIpc) is 2.42. The number of rotatable bonds is 2. The first-order valence-electron chi connectivity index (χ1n) is 4.92. The second-order valence-electron chi connectivity index (χ2n) is 4.83. The van der Waals surface area contributed by atoms with Crippen molar-refractivity contribution in [2.75, 3.05) is 21.1 Å². The first-order chi connectivity index (χ1) is 6.54. The molecule has 2 aromatic rings. The van der Waals surface area contributed by atoms with Crippen LogP contribution in [0.25, 0.3) is 10.9 Å². The Labute approximate surface area is 108 Å². The number of aromatic nitrogens is 1. The van der Waals surface area contributed by atoms with Crippen molar-refractivity contribution in [3.63, 3.8) is 0 Å². The number of aromatic amines is 1. The molecule has 1 N–H and O–H groups in total. The van der Waals surface area contributed by atoms with Crippen LogP contribution in [0.15, 0.2) is 30.3 Å². The molecule has 82 valence electrons. The number of hydrogen-bond acceptors (Lipinski definition) is 0. The van der Waals surface area contributed by atoms with E-state index in [1.165, 1.54) is 16.6 Å². The van der Waals surface area contributed by atoms with E-state index in [-0.39, 0.29) is 24.0 Å². The fourth-order valence-electron chi connectivity index (χ4n) is 1.73. The highest BCUT2D eigenvalue weighted by molar-refractivity contribution is 5.80. The molecule has 0 unspecified atom stereocenters. The number of nitrogens with one attached hydrogen (secondary N) is 1. The van der Waals surface area contributed by atoms with Crippen molar-refractivity contribution in [1.29, 1.82) is 0 Å². The molecule has 0 atom stereocenters. The second-order valence-corrected chi connectivity index (χ2v) is 4.83. The van der Waals surface area contributed by atoms with Gasteiger partial charge in [0, 0.05) is 5.52 Å². The Morgan fingerprint density at radius 2 is 1.80 bits per heavy atom. The van der Waals surface area contributed by atoms with Crippen LogP contribution in [0.1, 0.15) is 5.69 Å². The van der Waals surface area contributed by atoms with Crippen molar-refractivity contribution in [3.05, 3.63) is 36.0 Å². The molecule has 0 spiro atoms. The number of nitrogens with zero attached hydrogens (tertiary/aromatic N) is 1. The lowest BCUT2D eigenvalue weighted by Crippen LogP contribution is -3.00. The van der Waals surface area contributed by atoms with E-state index in [1.54, 1.807) is 0 Å². The Morgan fingerprint density at radius 1 is 1.13 bits per heavy atom. The fraction of sp³-hybridized carbons (Fsp3) is 0.333. The molecule has 0 saturated heterocycles. The summed E-state index contributed by atoms with van der Waals surface area (Å²) in [4.78, 5) is 3.44. The van der Waals surface area contributed by atoms with Gasteiger partial charge in [-0.15, -0.1) is 0 Å². The monoisotopic (exact) mass is 316 g/mol. The van der Waals surface area contributed by atoms with Gasteiger partial charge in [0.1, 0.15) is 6.54 Å². The Bertz CT molecular complexity index is 407. The van der Waals surface area contributed by atoms with Crippen LogP contribution in [0.5, 0.6) is 0 Å². The molecule has 0 fully saturated rings. The largest absolute Gasteiger partial charge is 1.00 e. The minimum atomic E-state index is 0. The lowest BCUT2D eigenvalue weighted by molar-refractivity contribution is -0.884. The van der Waals surface area contributed by atoms with Gasteiger partial charge in [0.25, 0.3) is 0 Å². The highest BCUT2D eigenvalue weighted by Crippen LogP contribution is 2.16. The molecule has 1 aromatic heterocycles. The summed E-state index contributed by atoms with van der Waals surface area (Å²) in [5.41, 5.74) is 2.54. The van der Waals surface area contributed by atoms with Gasteiger partial charge < -0.3 is 33.4 Å². The highest BCUT2D eigenvalue weighted by Gasteiger charge is 2.10. The average molecular weight is 316 g/mol. The summed E-state index contributed by atoms with van der Waals surface area (Å²) >= 11 is 0. The lowest BCUT2D eigenvalue weighted by Gasteiger charge is -2.22. The molecule has 0 aliphatic rings. The normalized spacial score (nSPS) is 11.4. The molecule has 0 amide bonds. The fourth-order valence-corrected chi connectivity index (χ4v) is 1.73. The first-order valence-corrected chi connectivity index (χ1v) is 4.92. The predicted octanol–water partition coefficient (Wildman–Crippen LogP) is -0.622. The predicted molar refractivity (Wildman–Crippen MR) is 60.0 cm³/mol. The van der Waals surface area contributed by atoms with Gasteiger partial charge in [0.05, 0.1) is 26.8 Å². The van der Waals surface area contributed by atoms with E-state index in [2.05, 4.69) is 56.5 Å². The third-order valence-electron chi connectivity index (χ3n) is 2.23. The summed E-state index contributed by atoms with van der Waals surface area (Å²) in [5.74, 6) is 0. The third-order valence-corrected chi connectivity index (χ3v) is 2.23. The zero-order valence-electron chi connectivity index (χ0n) is 9.42. The maximum Gasteiger partial charge on any atom is 0.119 e. The van der Waals surface area contributed by atoms with E-state index >= 15 is 0 Å². The number of hydrogen-bond donors (Lipinski definition) is 1. The van der Waals surface area contributed by atoms with Crippen molar-refractivity contribution in [2.45, 2.75) is 6.54 Å². The molecule has 0 bridgehead atoms. The Balaban J connectivity index is 0.00000112. The minimum absolute atomic E-state index is 0. The van der Waals surface area contributed by atoms with Gasteiger partial charge >= 0.3 is 0 Å². The van der Waals surface area contributed by atoms with Crippen molar-refractivity contribution >= 4 is 10.9 Å². The molecule has 1 aromatic carbocycles. The number of quaternary nitrogens is 1. The van der Waals surface area contributed by atoms with E-state index in [0.29, 0.717) is 0 Å². The van der Waals surface area contributed by atoms with Crippen molar-refractivity contribution in [2.24, 2.45) is 0 Å². The molecule has 0 radical (unpaired) electrons. The third kappa shape index (κ3) is 3.21. The maximum atomic E-state index is 3.44. The van der Waals surface area contributed by atoms with Gasteiger partial charge in [-0.25, -0.2) is 0 Å². The van der Waals surface area contributed by atoms with Gasteiger partial charge in [-0.2, -0.15) is 0 Å². The summed E-state index contributed by atoms with van der Waals surface area (Å²) in [5, 5.41) is 1.30. The zero-order valence-corrected chi connectivity index (χ0v) is 11.6. The molecule has 2 nitrogen and oxygen atoms in total. The number of benzene rings is 1. The van der Waals surface area contributed by atoms with Gasteiger partial charge in [0.15, 0.2) is 0 Å². The lowest BCUT2D eigenvalue weighted by atomic mass is 10.2. The molecule has 0 saturated carbocycles. The Hall–Kier alpha value is -0.550. The van der Waals surface area contributed by atoms with Gasteiger partial charge in [-0.1, -0.05) is 18.2 Å². The van der Waals surface area contributed by atoms with Gasteiger partial charge in [-0.3, -0.25) is 0 Å². The summed E-state index contributed by atoms with van der Waals surface area (Å²) in [6, 6.07) is 10.6. The van der Waals surface area contributed by atoms with Gasteiger partial charge in [0.2, 0.25) is 0 Å². The van der Waals surface area contributed by atoms with E-state index in [0.717, 1.165) is 11.0 Å². The number of H-pyrrole nitrogens is 1. The quantitative estimate of drug-likeness (QED) is 0.561. The van der Waals surface area contributed by atoms with Crippen LogP contribution in [0.4, 0.5) is 0 Å². The van der Waals surface area contributed by atoms with E-state index < -0.39 is 0 Å². The van der Waals surface area contributed by atoms with E-state index in [1.807, 2.05) is 0 Å². The Kier molecular flexibility index (Phi) is 3.78. The van der Waals surface area contributed by atoms with Crippen molar-refractivity contribution in [1.82, 2.24) is 4.98 Å². The van der Waals surface area contributed by atoms with Crippen molar-refractivity contribution in [3.8, 4) is 0 Å². The van der Waals surface area contributed by atoms with Crippen LogP contribution in [-0.4, -0.2) is 30.6 Å². The smallest absolute Gasteiger partial charge is 0.119 e. The molecule has 15 heavy (non-hydrogen) atoms. The number of para-hydroxylation sites is 1. The molecule has 2 rings (SSSR count). The first kappa shape index (κ1) is 12.5. The second kappa shape index (κ2) is 4.53. The zero-order chi connectivity index (χ0) is 10.2. The molecule has 1 heterocycles. The van der Waals surface area contributed by atoms with E-state index in [4.69, 9.17) is 0 Å². The van der Waals surface area contributed by atoms with Crippen LogP contribution in [0.3, 0.4) is 0 Å². The van der Waals surface area contributed by atoms with Crippen LogP contribution in [-0.2, 0) is 6.54 Å². The molecule has 0 aliphatic carbocycles. The van der Waals surface area contributed by atoms with Crippen LogP contribution in [0, 0.1) is 0 Å². The summed E-state index contributed by atoms with van der Waals surface area (Å²) in [6.07, 6.45) is 0. The SMILES string of the molecule is C[N+](C)(C)Cc1cc2ccccc2[nH]1.[I-]. The van der Waals surface area contributed by atoms with Crippen LogP contribution in [0.2, 0.25) is 0 Å². The number of halogens is 1. The Morgan fingerprint density at radius 3 is 2.40 bits per heavy atom. The summed E-state index contributed by atoms with van der Waals surface area (Å²) in [7, 11) is 6.60. The number of fused-ring (bicyclic) bond motifs is 1. The minimum Gasteiger partial charge on any atom is -1.00 e. The van der Waals surface area contributed by atoms with Crippen LogP contribution < -0.4 is 24.0 Å². The van der Waals surface area contributed by atoms with E-state index in [9.17, 15) is 0 Å².